The van der Waals surface area contributed by atoms with Crippen molar-refractivity contribution in [3.8, 4) is 0 Å². The lowest BCUT2D eigenvalue weighted by Gasteiger charge is -2.06. The molecule has 0 bridgehead atoms. The number of hydrogen-bond acceptors (Lipinski definition) is 5. The average molecular weight is 268 g/mol. The summed E-state index contributed by atoms with van der Waals surface area (Å²) in [5.74, 6) is 0. The van der Waals surface area contributed by atoms with Crippen molar-refractivity contribution in [2.45, 2.75) is 19.6 Å². The van der Waals surface area contributed by atoms with Crippen molar-refractivity contribution in [2.24, 2.45) is 0 Å². The summed E-state index contributed by atoms with van der Waals surface area (Å²) in [7, 11) is 3.59. The molecule has 19 heavy (non-hydrogen) atoms. The summed E-state index contributed by atoms with van der Waals surface area (Å²) in [6, 6.07) is 4.07. The predicted octanol–water partition coefficient (Wildman–Crippen LogP) is 1.37. The van der Waals surface area contributed by atoms with Gasteiger partial charge in [-0.15, -0.1) is 0 Å². The molecule has 1 N–H and O–H groups in total. The number of aromatic nitrogens is 1. The Kier molecular flexibility index (Phi) is 9.18. The van der Waals surface area contributed by atoms with Crippen LogP contribution in [0.1, 0.15) is 17.7 Å². The number of rotatable bonds is 11. The lowest BCUT2D eigenvalue weighted by Crippen LogP contribution is -2.07. The van der Waals surface area contributed by atoms with E-state index in [9.17, 15) is 0 Å². The molecule has 0 spiro atoms. The number of pyridine rings is 1. The summed E-state index contributed by atoms with van der Waals surface area (Å²) in [6.45, 7) is 4.07. The smallest absolute Gasteiger partial charge is 0.0887 e. The maximum Gasteiger partial charge on any atom is 0.0887 e. The van der Waals surface area contributed by atoms with Crippen molar-refractivity contribution < 1.29 is 14.2 Å². The van der Waals surface area contributed by atoms with E-state index in [-0.39, 0.29) is 0 Å². The van der Waals surface area contributed by atoms with Crippen LogP contribution in [0.2, 0.25) is 0 Å². The molecule has 0 saturated carbocycles. The van der Waals surface area contributed by atoms with Gasteiger partial charge in [-0.05, 0) is 25.1 Å². The fourth-order valence-electron chi connectivity index (χ4n) is 1.53. The Bertz CT molecular complexity index is 317. The second-order valence-electron chi connectivity index (χ2n) is 4.20. The minimum atomic E-state index is 0.553. The summed E-state index contributed by atoms with van der Waals surface area (Å²) < 4.78 is 15.8. The number of nitrogens with one attached hydrogen (secondary N) is 1. The Morgan fingerprint density at radius 2 is 1.95 bits per heavy atom. The first kappa shape index (κ1) is 16.0. The summed E-state index contributed by atoms with van der Waals surface area (Å²) in [5, 5.41) is 3.09. The zero-order chi connectivity index (χ0) is 13.8. The minimum Gasteiger partial charge on any atom is -0.382 e. The number of nitrogens with zero attached hydrogens (tertiary/aromatic N) is 1. The molecule has 1 rings (SSSR count). The van der Waals surface area contributed by atoms with Gasteiger partial charge in [0.2, 0.25) is 0 Å². The van der Waals surface area contributed by atoms with Crippen LogP contribution in [0.15, 0.2) is 18.3 Å². The molecule has 0 saturated heterocycles. The Morgan fingerprint density at radius 3 is 2.63 bits per heavy atom. The first-order chi connectivity index (χ1) is 9.36. The van der Waals surface area contributed by atoms with Crippen molar-refractivity contribution >= 4 is 0 Å². The summed E-state index contributed by atoms with van der Waals surface area (Å²) in [6.07, 6.45) is 2.77. The van der Waals surface area contributed by atoms with Crippen molar-refractivity contribution in [1.82, 2.24) is 10.3 Å². The topological polar surface area (TPSA) is 52.6 Å². The third-order valence-corrected chi connectivity index (χ3v) is 2.53. The van der Waals surface area contributed by atoms with Gasteiger partial charge >= 0.3 is 0 Å². The molecule has 5 nitrogen and oxygen atoms in total. The molecular weight excluding hydrogens is 244 g/mol. The quantitative estimate of drug-likeness (QED) is 0.614. The molecule has 5 heteroatoms. The van der Waals surface area contributed by atoms with Crippen molar-refractivity contribution in [2.75, 3.05) is 40.6 Å². The van der Waals surface area contributed by atoms with Crippen molar-refractivity contribution in [3.05, 3.63) is 29.6 Å². The summed E-state index contributed by atoms with van der Waals surface area (Å²) in [5.41, 5.74) is 2.14. The van der Waals surface area contributed by atoms with Gasteiger partial charge in [0.05, 0.1) is 25.5 Å². The Hall–Kier alpha value is -1.01. The van der Waals surface area contributed by atoms with E-state index >= 15 is 0 Å². The van der Waals surface area contributed by atoms with E-state index in [1.807, 2.05) is 19.3 Å². The Labute approximate surface area is 115 Å². The lowest BCUT2D eigenvalue weighted by molar-refractivity contribution is 0.0478. The average Bonchev–Trinajstić information content (AvgIpc) is 2.44. The van der Waals surface area contributed by atoms with E-state index in [0.29, 0.717) is 33.0 Å². The minimum absolute atomic E-state index is 0.553. The van der Waals surface area contributed by atoms with Crippen LogP contribution in [-0.2, 0) is 27.4 Å². The normalized spacial score (nSPS) is 10.8. The third kappa shape index (κ3) is 7.89. The molecule has 108 valence electrons. The zero-order valence-electron chi connectivity index (χ0n) is 11.9. The number of ether oxygens (including phenoxy) is 3. The fraction of sp³-hybridized carbons (Fsp3) is 0.643. The van der Waals surface area contributed by atoms with Gasteiger partial charge in [-0.3, -0.25) is 4.98 Å². The molecule has 1 aromatic heterocycles. The van der Waals surface area contributed by atoms with Crippen LogP contribution in [0, 0.1) is 0 Å². The van der Waals surface area contributed by atoms with E-state index < -0.39 is 0 Å². The van der Waals surface area contributed by atoms with E-state index in [4.69, 9.17) is 14.2 Å². The van der Waals surface area contributed by atoms with Crippen LogP contribution in [0.4, 0.5) is 0 Å². The molecule has 1 heterocycles. The number of methoxy groups -OCH3 is 1. The molecule has 0 aromatic carbocycles. The van der Waals surface area contributed by atoms with Gasteiger partial charge in [0.1, 0.15) is 0 Å². The van der Waals surface area contributed by atoms with Crippen molar-refractivity contribution in [1.29, 1.82) is 0 Å². The molecule has 0 atom stereocenters. The second-order valence-corrected chi connectivity index (χ2v) is 4.20. The first-order valence-electron chi connectivity index (χ1n) is 6.59. The highest BCUT2D eigenvalue weighted by molar-refractivity contribution is 5.13. The standard InChI is InChI=1S/C14H24N2O3/c1-15-10-13-4-5-14(16-11-13)12-19-7-3-6-18-9-8-17-2/h4-5,11,15H,3,6-10,12H2,1-2H3. The molecule has 1 aromatic rings. The highest BCUT2D eigenvalue weighted by Gasteiger charge is 1.96. The highest BCUT2D eigenvalue weighted by Crippen LogP contribution is 2.02. The first-order valence-corrected chi connectivity index (χ1v) is 6.59. The van der Waals surface area contributed by atoms with Crippen LogP contribution in [0.25, 0.3) is 0 Å². The van der Waals surface area contributed by atoms with Gasteiger partial charge in [-0.2, -0.15) is 0 Å². The molecule has 0 aliphatic rings. The summed E-state index contributed by atoms with van der Waals surface area (Å²) >= 11 is 0. The van der Waals surface area contributed by atoms with Gasteiger partial charge < -0.3 is 19.5 Å². The molecule has 0 aliphatic carbocycles. The van der Waals surface area contributed by atoms with Crippen molar-refractivity contribution in [3.63, 3.8) is 0 Å². The fourth-order valence-corrected chi connectivity index (χ4v) is 1.53. The second kappa shape index (κ2) is 10.9. The monoisotopic (exact) mass is 268 g/mol. The maximum atomic E-state index is 5.54. The highest BCUT2D eigenvalue weighted by atomic mass is 16.5. The Balaban J connectivity index is 2.02. The molecule has 0 aliphatic heterocycles. The molecule has 0 radical (unpaired) electrons. The van der Waals surface area contributed by atoms with Gasteiger partial charge in [0.15, 0.2) is 0 Å². The van der Waals surface area contributed by atoms with Gasteiger partial charge in [-0.1, -0.05) is 6.07 Å². The van der Waals surface area contributed by atoms with Crippen LogP contribution >= 0.6 is 0 Å². The van der Waals surface area contributed by atoms with E-state index in [2.05, 4.69) is 16.4 Å². The van der Waals surface area contributed by atoms with Gasteiger partial charge in [0.25, 0.3) is 0 Å². The molecule has 0 amide bonds. The molecular formula is C14H24N2O3. The Morgan fingerprint density at radius 1 is 1.11 bits per heavy atom. The number of hydrogen-bond donors (Lipinski definition) is 1. The molecule has 0 fully saturated rings. The lowest BCUT2D eigenvalue weighted by atomic mass is 10.2. The van der Waals surface area contributed by atoms with Crippen LogP contribution in [0.3, 0.4) is 0 Å². The van der Waals surface area contributed by atoms with E-state index in [0.717, 1.165) is 18.7 Å². The third-order valence-electron chi connectivity index (χ3n) is 2.53. The van der Waals surface area contributed by atoms with Crippen LogP contribution in [-0.4, -0.2) is 45.6 Å². The predicted molar refractivity (Wildman–Crippen MR) is 74.0 cm³/mol. The van der Waals surface area contributed by atoms with E-state index in [1.165, 1.54) is 5.56 Å². The zero-order valence-corrected chi connectivity index (χ0v) is 11.9. The van der Waals surface area contributed by atoms with E-state index in [1.54, 1.807) is 7.11 Å². The van der Waals surface area contributed by atoms with Gasteiger partial charge in [-0.25, -0.2) is 0 Å². The van der Waals surface area contributed by atoms with Crippen LogP contribution < -0.4 is 5.32 Å². The SMILES string of the molecule is CNCc1ccc(COCCCOCCOC)nc1. The molecule has 0 unspecified atom stereocenters. The van der Waals surface area contributed by atoms with Gasteiger partial charge in [0, 0.05) is 33.1 Å². The largest absolute Gasteiger partial charge is 0.382 e. The summed E-state index contributed by atoms with van der Waals surface area (Å²) in [4.78, 5) is 4.34. The van der Waals surface area contributed by atoms with Crippen LogP contribution in [0.5, 0.6) is 0 Å². The maximum absolute atomic E-state index is 5.54.